The number of esters is 1. The van der Waals surface area contributed by atoms with Gasteiger partial charge in [0, 0.05) is 0 Å². The SMILES string of the molecule is CCCCCCCCSC1OC(=O)[C@H](O)[C@@H](O)[C@@H]1O. The van der Waals surface area contributed by atoms with E-state index in [1.165, 1.54) is 37.4 Å². The van der Waals surface area contributed by atoms with Gasteiger partial charge in [0.2, 0.25) is 0 Å². The summed E-state index contributed by atoms with van der Waals surface area (Å²) in [4.78, 5) is 11.2. The van der Waals surface area contributed by atoms with Gasteiger partial charge < -0.3 is 20.1 Å². The Kier molecular flexibility index (Phi) is 7.75. The maximum Gasteiger partial charge on any atom is 0.339 e. The largest absolute Gasteiger partial charge is 0.446 e. The number of hydrogen-bond donors (Lipinski definition) is 3. The maximum absolute atomic E-state index is 11.2. The highest BCUT2D eigenvalue weighted by Gasteiger charge is 2.43. The Balaban J connectivity index is 2.16. The molecular formula is C13H24O5S. The normalized spacial score (nSPS) is 31.3. The van der Waals surface area contributed by atoms with E-state index in [9.17, 15) is 20.1 Å². The van der Waals surface area contributed by atoms with Crippen molar-refractivity contribution in [2.75, 3.05) is 5.75 Å². The first-order valence-corrected chi connectivity index (χ1v) is 7.99. The summed E-state index contributed by atoms with van der Waals surface area (Å²) in [7, 11) is 0. The zero-order chi connectivity index (χ0) is 14.3. The van der Waals surface area contributed by atoms with Crippen LogP contribution in [0.25, 0.3) is 0 Å². The van der Waals surface area contributed by atoms with Crippen molar-refractivity contribution in [3.05, 3.63) is 0 Å². The molecule has 0 radical (unpaired) electrons. The second-order valence-corrected chi connectivity index (χ2v) is 6.08. The van der Waals surface area contributed by atoms with Crippen LogP contribution in [0.2, 0.25) is 0 Å². The van der Waals surface area contributed by atoms with Gasteiger partial charge in [0.05, 0.1) is 0 Å². The Morgan fingerprint density at radius 2 is 1.68 bits per heavy atom. The van der Waals surface area contributed by atoms with Crippen LogP contribution in [0.1, 0.15) is 45.4 Å². The molecule has 0 bridgehead atoms. The van der Waals surface area contributed by atoms with Crippen LogP contribution in [0.15, 0.2) is 0 Å². The fourth-order valence-electron chi connectivity index (χ4n) is 1.96. The van der Waals surface area contributed by atoms with Crippen molar-refractivity contribution in [1.29, 1.82) is 0 Å². The van der Waals surface area contributed by atoms with Crippen LogP contribution in [0, 0.1) is 0 Å². The van der Waals surface area contributed by atoms with Gasteiger partial charge >= 0.3 is 5.97 Å². The molecule has 5 nitrogen and oxygen atoms in total. The van der Waals surface area contributed by atoms with Gasteiger partial charge in [0.1, 0.15) is 12.2 Å². The molecule has 0 aromatic carbocycles. The highest BCUT2D eigenvalue weighted by molar-refractivity contribution is 7.99. The summed E-state index contributed by atoms with van der Waals surface area (Å²) in [5.74, 6) is -0.0949. The molecule has 1 rings (SSSR count). The van der Waals surface area contributed by atoms with Crippen LogP contribution >= 0.6 is 11.8 Å². The summed E-state index contributed by atoms with van der Waals surface area (Å²) < 4.78 is 4.89. The van der Waals surface area contributed by atoms with Crippen LogP contribution in [0.4, 0.5) is 0 Å². The molecule has 0 saturated carbocycles. The fourth-order valence-corrected chi connectivity index (χ4v) is 3.08. The van der Waals surface area contributed by atoms with Gasteiger partial charge in [-0.2, -0.15) is 0 Å². The number of rotatable bonds is 8. The van der Waals surface area contributed by atoms with Gasteiger partial charge in [0.15, 0.2) is 11.5 Å². The third-order valence-corrected chi connectivity index (χ3v) is 4.43. The first kappa shape index (κ1) is 16.8. The Labute approximate surface area is 118 Å². The number of aliphatic hydroxyl groups is 3. The molecule has 0 spiro atoms. The lowest BCUT2D eigenvalue weighted by molar-refractivity contribution is -0.190. The molecule has 0 amide bonds. The second-order valence-electron chi connectivity index (χ2n) is 4.87. The molecule has 6 heteroatoms. The molecule has 1 heterocycles. The summed E-state index contributed by atoms with van der Waals surface area (Å²) in [6.07, 6.45) is 2.72. The summed E-state index contributed by atoms with van der Waals surface area (Å²) in [5.41, 5.74) is -0.776. The van der Waals surface area contributed by atoms with Gasteiger partial charge in [-0.25, -0.2) is 4.79 Å². The molecule has 1 aliphatic rings. The standard InChI is InChI=1S/C13H24O5S/c1-2-3-4-5-6-7-8-19-13-11(16)9(14)10(15)12(17)18-13/h9-11,13-16H,2-8H2,1H3/t9-,10-,11+,13?/m1/s1. The van der Waals surface area contributed by atoms with E-state index in [1.807, 2.05) is 0 Å². The zero-order valence-corrected chi connectivity index (χ0v) is 12.1. The number of ether oxygens (including phenoxy) is 1. The van der Waals surface area contributed by atoms with Crippen molar-refractivity contribution in [2.24, 2.45) is 0 Å². The van der Waals surface area contributed by atoms with Crippen LogP contribution in [-0.2, 0) is 9.53 Å². The number of aliphatic hydroxyl groups excluding tert-OH is 3. The molecule has 112 valence electrons. The zero-order valence-electron chi connectivity index (χ0n) is 11.3. The molecule has 0 aliphatic carbocycles. The number of unbranched alkanes of at least 4 members (excludes halogenated alkanes) is 5. The third kappa shape index (κ3) is 5.30. The van der Waals surface area contributed by atoms with E-state index >= 15 is 0 Å². The highest BCUT2D eigenvalue weighted by Crippen LogP contribution is 2.26. The number of hydrogen-bond acceptors (Lipinski definition) is 6. The lowest BCUT2D eigenvalue weighted by Gasteiger charge is -2.33. The summed E-state index contributed by atoms with van der Waals surface area (Å²) in [6.45, 7) is 2.17. The first-order chi connectivity index (χ1) is 9.07. The van der Waals surface area contributed by atoms with Crippen molar-refractivity contribution < 1.29 is 24.9 Å². The molecule has 19 heavy (non-hydrogen) atoms. The number of carbonyl (C=O) groups is 1. The third-order valence-electron chi connectivity index (χ3n) is 3.21. The monoisotopic (exact) mass is 292 g/mol. The number of thioether (sulfide) groups is 1. The van der Waals surface area contributed by atoms with E-state index in [1.54, 1.807) is 0 Å². The Morgan fingerprint density at radius 1 is 1.05 bits per heavy atom. The maximum atomic E-state index is 11.2. The predicted octanol–water partition coefficient (Wildman–Crippen LogP) is 1.05. The predicted molar refractivity (Wildman–Crippen MR) is 73.7 cm³/mol. The van der Waals surface area contributed by atoms with Crippen LogP contribution in [-0.4, -0.2) is 50.8 Å². The molecule has 1 unspecified atom stereocenters. The lowest BCUT2D eigenvalue weighted by atomic mass is 10.1. The quantitative estimate of drug-likeness (QED) is 0.458. The molecule has 4 atom stereocenters. The minimum atomic E-state index is -1.64. The highest BCUT2D eigenvalue weighted by atomic mass is 32.2. The van der Waals surface area contributed by atoms with Crippen molar-refractivity contribution in [2.45, 2.75) is 69.2 Å². The molecule has 3 N–H and O–H groups in total. The summed E-state index contributed by atoms with van der Waals surface area (Å²) in [5, 5.41) is 28.4. The molecule has 1 aliphatic heterocycles. The average Bonchev–Trinajstić information content (AvgIpc) is 2.41. The molecule has 1 fully saturated rings. The molecular weight excluding hydrogens is 268 g/mol. The Hall–Kier alpha value is -0.300. The van der Waals surface area contributed by atoms with Crippen molar-refractivity contribution in [1.82, 2.24) is 0 Å². The van der Waals surface area contributed by atoms with Crippen LogP contribution < -0.4 is 0 Å². The summed E-state index contributed by atoms with van der Waals surface area (Å²) in [6, 6.07) is 0. The smallest absolute Gasteiger partial charge is 0.339 e. The number of cyclic esters (lactones) is 1. The van der Waals surface area contributed by atoms with Crippen molar-refractivity contribution in [3.8, 4) is 0 Å². The van der Waals surface area contributed by atoms with E-state index in [0.717, 1.165) is 18.6 Å². The van der Waals surface area contributed by atoms with Crippen LogP contribution in [0.5, 0.6) is 0 Å². The van der Waals surface area contributed by atoms with Crippen molar-refractivity contribution in [3.63, 3.8) is 0 Å². The molecule has 1 saturated heterocycles. The van der Waals surface area contributed by atoms with Crippen molar-refractivity contribution >= 4 is 17.7 Å². The number of carbonyl (C=O) groups excluding carboxylic acids is 1. The van der Waals surface area contributed by atoms with E-state index in [4.69, 9.17) is 4.74 Å². The van der Waals surface area contributed by atoms with E-state index in [2.05, 4.69) is 6.92 Å². The average molecular weight is 292 g/mol. The van der Waals surface area contributed by atoms with E-state index in [0.29, 0.717) is 0 Å². The topological polar surface area (TPSA) is 87.0 Å². The fraction of sp³-hybridized carbons (Fsp3) is 0.923. The van der Waals surface area contributed by atoms with Gasteiger partial charge in [-0.05, 0) is 12.2 Å². The van der Waals surface area contributed by atoms with Gasteiger partial charge in [-0.15, -0.1) is 11.8 Å². The van der Waals surface area contributed by atoms with E-state index < -0.39 is 29.7 Å². The van der Waals surface area contributed by atoms with E-state index in [-0.39, 0.29) is 0 Å². The molecule has 0 aromatic heterocycles. The lowest BCUT2D eigenvalue weighted by Crippen LogP contribution is -2.54. The Bertz CT molecular complexity index is 274. The van der Waals surface area contributed by atoms with Crippen LogP contribution in [0.3, 0.4) is 0 Å². The molecule has 0 aromatic rings. The Morgan fingerprint density at radius 3 is 2.37 bits per heavy atom. The van der Waals surface area contributed by atoms with Gasteiger partial charge in [-0.1, -0.05) is 39.0 Å². The first-order valence-electron chi connectivity index (χ1n) is 6.94. The second kappa shape index (κ2) is 8.79. The minimum absolute atomic E-state index is 0.768. The van der Waals surface area contributed by atoms with Gasteiger partial charge in [-0.3, -0.25) is 0 Å². The summed E-state index contributed by atoms with van der Waals surface area (Å²) >= 11 is 1.31. The van der Waals surface area contributed by atoms with Gasteiger partial charge in [0.25, 0.3) is 0 Å². The minimum Gasteiger partial charge on any atom is -0.446 e.